The Morgan fingerprint density at radius 3 is 1.56 bits per heavy atom. The zero-order valence-electron chi connectivity index (χ0n) is 9.82. The van der Waals surface area contributed by atoms with Crippen molar-refractivity contribution in [3.8, 4) is 0 Å². The van der Waals surface area contributed by atoms with Gasteiger partial charge in [-0.3, -0.25) is 0 Å². The summed E-state index contributed by atoms with van der Waals surface area (Å²) in [6.45, 7) is 5.53. The van der Waals surface area contributed by atoms with Crippen molar-refractivity contribution in [2.75, 3.05) is 0 Å². The molecular formula is C12H17F3S. The highest BCUT2D eigenvalue weighted by atomic mass is 32.3. The van der Waals surface area contributed by atoms with Gasteiger partial charge in [-0.2, -0.15) is 0 Å². The first-order chi connectivity index (χ1) is 7.43. The molecule has 1 aromatic carbocycles. The SMILES string of the molecule is CCc1cc(CC)c(S(F)(F)F)c(CC)c1. The van der Waals surface area contributed by atoms with Crippen molar-refractivity contribution in [3.05, 3.63) is 28.8 Å². The normalized spacial score (nSPS) is 12.9. The first kappa shape index (κ1) is 13.4. The lowest BCUT2D eigenvalue weighted by Crippen LogP contribution is -1.99. The zero-order valence-corrected chi connectivity index (χ0v) is 10.6. The van der Waals surface area contributed by atoms with E-state index in [1.807, 2.05) is 6.92 Å². The van der Waals surface area contributed by atoms with Gasteiger partial charge in [-0.15, -0.1) is 11.7 Å². The van der Waals surface area contributed by atoms with Crippen LogP contribution in [0.15, 0.2) is 17.0 Å². The van der Waals surface area contributed by atoms with Crippen LogP contribution in [0.25, 0.3) is 0 Å². The summed E-state index contributed by atoms with van der Waals surface area (Å²) in [6, 6.07) is 3.41. The number of benzene rings is 1. The van der Waals surface area contributed by atoms with Gasteiger partial charge in [-0.05, 0) is 36.0 Å². The van der Waals surface area contributed by atoms with Gasteiger partial charge in [-0.1, -0.05) is 32.9 Å². The molecule has 0 amide bonds. The quantitative estimate of drug-likeness (QED) is 0.689. The van der Waals surface area contributed by atoms with E-state index in [2.05, 4.69) is 0 Å². The van der Waals surface area contributed by atoms with Crippen molar-refractivity contribution in [3.63, 3.8) is 0 Å². The lowest BCUT2D eigenvalue weighted by Gasteiger charge is -2.19. The Morgan fingerprint density at radius 2 is 1.31 bits per heavy atom. The summed E-state index contributed by atoms with van der Waals surface area (Å²) in [5.41, 5.74) is 1.92. The molecule has 1 rings (SSSR count). The van der Waals surface area contributed by atoms with E-state index in [0.717, 1.165) is 12.0 Å². The number of hydrogen-bond acceptors (Lipinski definition) is 0. The molecule has 0 radical (unpaired) electrons. The average molecular weight is 250 g/mol. The summed E-state index contributed by atoms with van der Waals surface area (Å²) in [7, 11) is 0. The summed E-state index contributed by atoms with van der Waals surface area (Å²) in [5, 5.41) is 0. The molecule has 0 bridgehead atoms. The van der Waals surface area contributed by atoms with E-state index in [9.17, 15) is 11.7 Å². The highest BCUT2D eigenvalue weighted by Crippen LogP contribution is 2.63. The van der Waals surface area contributed by atoms with Crippen LogP contribution in [0, 0.1) is 0 Å². The summed E-state index contributed by atoms with van der Waals surface area (Å²) in [4.78, 5) is -0.338. The number of aryl methyl sites for hydroxylation is 3. The van der Waals surface area contributed by atoms with Crippen molar-refractivity contribution in [2.45, 2.75) is 44.9 Å². The smallest absolute Gasteiger partial charge is 0.120 e. The maximum atomic E-state index is 13.0. The van der Waals surface area contributed by atoms with Crippen molar-refractivity contribution < 1.29 is 11.7 Å². The number of rotatable bonds is 4. The molecule has 0 aliphatic heterocycles. The maximum absolute atomic E-state index is 13.0. The van der Waals surface area contributed by atoms with Crippen LogP contribution in [-0.2, 0) is 19.3 Å². The van der Waals surface area contributed by atoms with Crippen LogP contribution in [0.4, 0.5) is 11.7 Å². The molecule has 0 saturated carbocycles. The highest BCUT2D eigenvalue weighted by Gasteiger charge is 2.30. The number of hydrogen-bond donors (Lipinski definition) is 0. The van der Waals surface area contributed by atoms with Gasteiger partial charge in [0.2, 0.25) is 11.2 Å². The third-order valence-corrected chi connectivity index (χ3v) is 3.69. The minimum absolute atomic E-state index is 0.338. The van der Waals surface area contributed by atoms with E-state index in [1.165, 1.54) is 0 Å². The predicted molar refractivity (Wildman–Crippen MR) is 63.8 cm³/mol. The van der Waals surface area contributed by atoms with Crippen molar-refractivity contribution in [2.24, 2.45) is 0 Å². The topological polar surface area (TPSA) is 0 Å². The molecule has 1 aromatic rings. The second-order valence-corrected chi connectivity index (χ2v) is 4.93. The molecule has 0 nitrogen and oxygen atoms in total. The zero-order chi connectivity index (χ0) is 12.3. The molecule has 0 spiro atoms. The van der Waals surface area contributed by atoms with Crippen LogP contribution in [0.3, 0.4) is 0 Å². The fourth-order valence-electron chi connectivity index (χ4n) is 1.85. The van der Waals surface area contributed by atoms with Gasteiger partial charge in [0.15, 0.2) is 0 Å². The second kappa shape index (κ2) is 5.13. The molecule has 0 atom stereocenters. The fourth-order valence-corrected chi connectivity index (χ4v) is 2.85. The first-order valence-electron chi connectivity index (χ1n) is 5.50. The van der Waals surface area contributed by atoms with Gasteiger partial charge in [0.25, 0.3) is 0 Å². The number of halogens is 3. The van der Waals surface area contributed by atoms with Crippen LogP contribution >= 0.6 is 11.2 Å². The molecule has 4 heteroatoms. The van der Waals surface area contributed by atoms with Crippen LogP contribution in [0.1, 0.15) is 37.5 Å². The van der Waals surface area contributed by atoms with Crippen LogP contribution in [0.2, 0.25) is 0 Å². The Labute approximate surface area is 97.1 Å². The Morgan fingerprint density at radius 1 is 0.875 bits per heavy atom. The van der Waals surface area contributed by atoms with Crippen molar-refractivity contribution >= 4 is 11.2 Å². The van der Waals surface area contributed by atoms with Crippen LogP contribution in [0.5, 0.6) is 0 Å². The van der Waals surface area contributed by atoms with E-state index >= 15 is 0 Å². The average Bonchev–Trinajstić information content (AvgIpc) is 2.25. The van der Waals surface area contributed by atoms with Gasteiger partial charge in [0.1, 0.15) is 0 Å². The van der Waals surface area contributed by atoms with Gasteiger partial charge in [-0.25, -0.2) is 0 Å². The minimum atomic E-state index is -5.11. The first-order valence-corrected chi connectivity index (χ1v) is 6.84. The molecule has 0 unspecified atom stereocenters. The molecule has 0 saturated heterocycles. The van der Waals surface area contributed by atoms with E-state index in [4.69, 9.17) is 0 Å². The van der Waals surface area contributed by atoms with Crippen molar-refractivity contribution in [1.82, 2.24) is 0 Å². The van der Waals surface area contributed by atoms with E-state index < -0.39 is 11.2 Å². The fraction of sp³-hybridized carbons (Fsp3) is 0.500. The Balaban J connectivity index is 3.44. The molecule has 0 aliphatic rings. The Bertz CT molecular complexity index is 344. The third-order valence-electron chi connectivity index (χ3n) is 2.70. The monoisotopic (exact) mass is 250 g/mol. The maximum Gasteiger partial charge on any atom is 0.238 e. The van der Waals surface area contributed by atoms with E-state index in [1.54, 1.807) is 26.0 Å². The van der Waals surface area contributed by atoms with Crippen molar-refractivity contribution in [1.29, 1.82) is 0 Å². The predicted octanol–water partition coefficient (Wildman–Crippen LogP) is 5.19. The van der Waals surface area contributed by atoms with E-state index in [-0.39, 0.29) is 4.90 Å². The van der Waals surface area contributed by atoms with Gasteiger partial charge >= 0.3 is 0 Å². The Kier molecular flexibility index (Phi) is 4.30. The van der Waals surface area contributed by atoms with E-state index in [0.29, 0.717) is 24.0 Å². The molecule has 0 N–H and O–H groups in total. The summed E-state index contributed by atoms with van der Waals surface area (Å²) < 4.78 is 39.0. The lowest BCUT2D eigenvalue weighted by molar-refractivity contribution is 0.627. The molecular weight excluding hydrogens is 233 g/mol. The summed E-state index contributed by atoms with van der Waals surface area (Å²) in [6.07, 6.45) is 1.68. The highest BCUT2D eigenvalue weighted by molar-refractivity contribution is 8.21. The van der Waals surface area contributed by atoms with Gasteiger partial charge in [0.05, 0.1) is 4.90 Å². The molecule has 92 valence electrons. The lowest BCUT2D eigenvalue weighted by atomic mass is 10.0. The van der Waals surface area contributed by atoms with Gasteiger partial charge in [0, 0.05) is 0 Å². The summed E-state index contributed by atoms with van der Waals surface area (Å²) >= 11 is -5.11. The summed E-state index contributed by atoms with van der Waals surface area (Å²) in [5.74, 6) is 0. The largest absolute Gasteiger partial charge is 0.238 e. The van der Waals surface area contributed by atoms with Gasteiger partial charge < -0.3 is 0 Å². The second-order valence-electron chi connectivity index (χ2n) is 3.71. The molecule has 0 heterocycles. The molecule has 0 aliphatic carbocycles. The Hall–Kier alpha value is -0.640. The molecule has 16 heavy (non-hydrogen) atoms. The standard InChI is InChI=1S/C12H17F3S/c1-4-9-7-10(5-2)12(16(13,14)15)11(6-3)8-9/h7-8H,4-6H2,1-3H3. The third kappa shape index (κ3) is 2.73. The molecule has 0 aromatic heterocycles. The molecule has 0 fully saturated rings. The van der Waals surface area contributed by atoms with Crippen LogP contribution < -0.4 is 0 Å². The minimum Gasteiger partial charge on any atom is -0.120 e. The van der Waals surface area contributed by atoms with Crippen LogP contribution in [-0.4, -0.2) is 0 Å².